The maximum absolute atomic E-state index is 9.44. The number of alkyl halides is 1. The van der Waals surface area contributed by atoms with Crippen molar-refractivity contribution in [3.05, 3.63) is 0 Å². The van der Waals surface area contributed by atoms with Crippen molar-refractivity contribution in [2.75, 3.05) is 6.54 Å². The molecule has 1 aliphatic heterocycles. The zero-order valence-corrected chi connectivity index (χ0v) is 7.68. The van der Waals surface area contributed by atoms with Gasteiger partial charge in [0.2, 0.25) is 0 Å². The smallest absolute Gasteiger partial charge is 0.128 e. The van der Waals surface area contributed by atoms with Gasteiger partial charge in [-0.25, -0.2) is 0 Å². The Bertz CT molecular complexity index is 93.7. The van der Waals surface area contributed by atoms with Crippen LogP contribution in [0.2, 0.25) is 0 Å². The molecule has 2 N–H and O–H groups in total. The summed E-state index contributed by atoms with van der Waals surface area (Å²) < 4.78 is -0.561. The Morgan fingerprint density at radius 3 is 2.67 bits per heavy atom. The van der Waals surface area contributed by atoms with E-state index < -0.39 is 3.61 Å². The van der Waals surface area contributed by atoms with E-state index in [0.717, 1.165) is 13.0 Å². The third-order valence-corrected chi connectivity index (χ3v) is 2.45. The standard InChI is InChI=1S/C6H12INO/c1-6(7,9)5-3-2-4-8-5/h5,8-9H,2-4H2,1H3. The van der Waals surface area contributed by atoms with Crippen LogP contribution in [0.5, 0.6) is 0 Å². The van der Waals surface area contributed by atoms with Gasteiger partial charge in [0, 0.05) is 6.04 Å². The highest BCUT2D eigenvalue weighted by Gasteiger charge is 2.30. The highest BCUT2D eigenvalue weighted by Crippen LogP contribution is 2.24. The van der Waals surface area contributed by atoms with E-state index in [2.05, 4.69) is 27.9 Å². The number of hydrogen-bond acceptors (Lipinski definition) is 2. The van der Waals surface area contributed by atoms with Crippen molar-refractivity contribution in [2.45, 2.75) is 29.4 Å². The summed E-state index contributed by atoms with van der Waals surface area (Å²) in [6.07, 6.45) is 2.31. The monoisotopic (exact) mass is 241 g/mol. The van der Waals surface area contributed by atoms with Crippen molar-refractivity contribution < 1.29 is 5.11 Å². The van der Waals surface area contributed by atoms with Gasteiger partial charge in [-0.15, -0.1) is 0 Å². The molecule has 2 nitrogen and oxygen atoms in total. The Balaban J connectivity index is 2.42. The first-order valence-electron chi connectivity index (χ1n) is 3.25. The molecule has 0 amide bonds. The molecule has 0 aromatic rings. The van der Waals surface area contributed by atoms with Gasteiger partial charge in [0.25, 0.3) is 0 Å². The number of halogens is 1. The molecule has 3 heteroatoms. The van der Waals surface area contributed by atoms with Gasteiger partial charge in [-0.1, -0.05) is 0 Å². The topological polar surface area (TPSA) is 32.3 Å². The van der Waals surface area contributed by atoms with Crippen molar-refractivity contribution in [3.63, 3.8) is 0 Å². The van der Waals surface area contributed by atoms with E-state index in [-0.39, 0.29) is 0 Å². The van der Waals surface area contributed by atoms with Crippen molar-refractivity contribution >= 4 is 22.6 Å². The van der Waals surface area contributed by atoms with Crippen LogP contribution in [-0.2, 0) is 0 Å². The molecule has 0 aromatic carbocycles. The lowest BCUT2D eigenvalue weighted by atomic mass is 10.1. The van der Waals surface area contributed by atoms with E-state index in [4.69, 9.17) is 0 Å². The highest BCUT2D eigenvalue weighted by molar-refractivity contribution is 14.1. The third-order valence-electron chi connectivity index (χ3n) is 1.70. The number of rotatable bonds is 1. The van der Waals surface area contributed by atoms with Crippen LogP contribution < -0.4 is 5.32 Å². The van der Waals surface area contributed by atoms with Gasteiger partial charge in [0.1, 0.15) is 3.61 Å². The molecule has 0 bridgehead atoms. The molecule has 0 saturated carbocycles. The molecular formula is C6H12INO. The molecule has 54 valence electrons. The predicted octanol–water partition coefficient (Wildman–Crippen LogP) is 0.882. The Morgan fingerprint density at radius 2 is 2.44 bits per heavy atom. The Kier molecular flexibility index (Phi) is 2.34. The van der Waals surface area contributed by atoms with Crippen LogP contribution >= 0.6 is 22.6 Å². The Labute approximate surface area is 69.2 Å². The van der Waals surface area contributed by atoms with Gasteiger partial charge in [0.15, 0.2) is 0 Å². The van der Waals surface area contributed by atoms with E-state index in [1.807, 2.05) is 6.92 Å². The molecule has 1 fully saturated rings. The first kappa shape index (κ1) is 7.75. The number of nitrogens with one attached hydrogen (secondary N) is 1. The van der Waals surface area contributed by atoms with E-state index in [9.17, 15) is 5.11 Å². The molecule has 0 aliphatic carbocycles. The van der Waals surface area contributed by atoms with Crippen molar-refractivity contribution in [1.82, 2.24) is 5.32 Å². The van der Waals surface area contributed by atoms with Crippen LogP contribution in [0, 0.1) is 0 Å². The normalized spacial score (nSPS) is 34.3. The first-order valence-corrected chi connectivity index (χ1v) is 4.33. The highest BCUT2D eigenvalue weighted by atomic mass is 127. The van der Waals surface area contributed by atoms with Crippen LogP contribution in [0.4, 0.5) is 0 Å². The summed E-state index contributed by atoms with van der Waals surface area (Å²) in [5, 5.41) is 12.7. The minimum Gasteiger partial charge on any atom is -0.378 e. The second-order valence-corrected chi connectivity index (χ2v) is 4.86. The van der Waals surface area contributed by atoms with Gasteiger partial charge < -0.3 is 10.4 Å². The van der Waals surface area contributed by atoms with Crippen LogP contribution in [0.25, 0.3) is 0 Å². The molecule has 2 unspecified atom stereocenters. The van der Waals surface area contributed by atoms with Crippen LogP contribution in [-0.4, -0.2) is 21.3 Å². The van der Waals surface area contributed by atoms with Crippen LogP contribution in [0.15, 0.2) is 0 Å². The SMILES string of the molecule is CC(O)(I)C1CCCN1. The molecule has 1 saturated heterocycles. The summed E-state index contributed by atoms with van der Waals surface area (Å²) in [7, 11) is 0. The number of hydrogen-bond donors (Lipinski definition) is 2. The fraction of sp³-hybridized carbons (Fsp3) is 1.00. The van der Waals surface area contributed by atoms with E-state index in [1.54, 1.807) is 0 Å². The molecule has 1 heterocycles. The molecule has 9 heavy (non-hydrogen) atoms. The Hall–Kier alpha value is 0.650. The first-order chi connectivity index (χ1) is 4.11. The summed E-state index contributed by atoms with van der Waals surface area (Å²) >= 11 is 2.07. The maximum atomic E-state index is 9.44. The van der Waals surface area contributed by atoms with Gasteiger partial charge in [-0.05, 0) is 48.9 Å². The van der Waals surface area contributed by atoms with Crippen LogP contribution in [0.3, 0.4) is 0 Å². The quantitative estimate of drug-likeness (QED) is 0.527. The summed E-state index contributed by atoms with van der Waals surface area (Å²) in [6.45, 7) is 2.90. The molecule has 2 atom stereocenters. The summed E-state index contributed by atoms with van der Waals surface area (Å²) in [5.41, 5.74) is 0. The minimum absolute atomic E-state index is 0.304. The maximum Gasteiger partial charge on any atom is 0.128 e. The third kappa shape index (κ3) is 2.05. The van der Waals surface area contributed by atoms with Crippen molar-refractivity contribution in [1.29, 1.82) is 0 Å². The minimum atomic E-state index is -0.561. The van der Waals surface area contributed by atoms with Gasteiger partial charge >= 0.3 is 0 Å². The van der Waals surface area contributed by atoms with E-state index in [1.165, 1.54) is 6.42 Å². The van der Waals surface area contributed by atoms with Gasteiger partial charge in [-0.3, -0.25) is 0 Å². The fourth-order valence-corrected chi connectivity index (χ4v) is 1.67. The molecule has 0 radical (unpaired) electrons. The van der Waals surface area contributed by atoms with Crippen molar-refractivity contribution in [2.24, 2.45) is 0 Å². The van der Waals surface area contributed by atoms with Gasteiger partial charge in [0.05, 0.1) is 0 Å². The molecule has 1 aliphatic rings. The van der Waals surface area contributed by atoms with E-state index >= 15 is 0 Å². The lowest BCUT2D eigenvalue weighted by molar-refractivity contribution is 0.137. The predicted molar refractivity (Wildman–Crippen MR) is 45.7 cm³/mol. The molecule has 1 rings (SSSR count). The largest absolute Gasteiger partial charge is 0.378 e. The second-order valence-electron chi connectivity index (χ2n) is 2.67. The zero-order valence-electron chi connectivity index (χ0n) is 5.52. The lowest BCUT2D eigenvalue weighted by Crippen LogP contribution is -2.39. The fourth-order valence-electron chi connectivity index (χ4n) is 1.13. The number of aliphatic hydroxyl groups is 1. The van der Waals surface area contributed by atoms with Crippen molar-refractivity contribution in [3.8, 4) is 0 Å². The molecule has 0 spiro atoms. The average Bonchev–Trinajstić information content (AvgIpc) is 2.08. The average molecular weight is 241 g/mol. The van der Waals surface area contributed by atoms with Crippen LogP contribution in [0.1, 0.15) is 19.8 Å². The summed E-state index contributed by atoms with van der Waals surface area (Å²) in [5.74, 6) is 0. The Morgan fingerprint density at radius 1 is 1.78 bits per heavy atom. The lowest BCUT2D eigenvalue weighted by Gasteiger charge is -2.22. The zero-order chi connectivity index (χ0) is 6.91. The second kappa shape index (κ2) is 2.72. The van der Waals surface area contributed by atoms with E-state index in [0.29, 0.717) is 6.04 Å². The summed E-state index contributed by atoms with van der Waals surface area (Å²) in [4.78, 5) is 0. The molecule has 0 aromatic heterocycles. The van der Waals surface area contributed by atoms with Gasteiger partial charge in [-0.2, -0.15) is 0 Å². The molecular weight excluding hydrogens is 229 g/mol. The summed E-state index contributed by atoms with van der Waals surface area (Å²) in [6, 6.07) is 0.304.